The van der Waals surface area contributed by atoms with E-state index >= 15 is 0 Å². The summed E-state index contributed by atoms with van der Waals surface area (Å²) >= 11 is 1.77. The van der Waals surface area contributed by atoms with Crippen LogP contribution >= 0.6 is 11.8 Å². The molecule has 1 amide bonds. The maximum absolute atomic E-state index is 12.1. The second-order valence-electron chi connectivity index (χ2n) is 4.91. The molecule has 1 aromatic rings. The van der Waals surface area contributed by atoms with Crippen LogP contribution in [0.5, 0.6) is 0 Å². The summed E-state index contributed by atoms with van der Waals surface area (Å²) in [4.78, 5) is 12.1. The van der Waals surface area contributed by atoms with Gasteiger partial charge in [0.15, 0.2) is 0 Å². The van der Waals surface area contributed by atoms with Gasteiger partial charge in [0.2, 0.25) is 5.91 Å². The first-order valence-electron chi connectivity index (χ1n) is 6.35. The van der Waals surface area contributed by atoms with Crippen molar-refractivity contribution in [1.29, 1.82) is 0 Å². The summed E-state index contributed by atoms with van der Waals surface area (Å²) < 4.78 is 0. The fourth-order valence-corrected chi connectivity index (χ4v) is 3.05. The lowest BCUT2D eigenvalue weighted by atomic mass is 9.96. The Morgan fingerprint density at radius 3 is 2.67 bits per heavy atom. The molecule has 1 aliphatic heterocycles. The van der Waals surface area contributed by atoms with E-state index in [4.69, 9.17) is 0 Å². The first-order valence-corrected chi connectivity index (χ1v) is 7.50. The van der Waals surface area contributed by atoms with Crippen LogP contribution in [-0.4, -0.2) is 23.6 Å². The fraction of sp³-hybridized carbons (Fsp3) is 0.500. The van der Waals surface area contributed by atoms with Crippen LogP contribution in [0.15, 0.2) is 30.3 Å². The first kappa shape index (κ1) is 13.4. The maximum Gasteiger partial charge on any atom is 0.238 e. The Hall–Kier alpha value is -1.00. The van der Waals surface area contributed by atoms with E-state index in [-0.39, 0.29) is 18.0 Å². The highest BCUT2D eigenvalue weighted by Gasteiger charge is 2.26. The van der Waals surface area contributed by atoms with Crippen molar-refractivity contribution in [2.75, 3.05) is 11.6 Å². The van der Waals surface area contributed by atoms with E-state index in [1.165, 1.54) is 5.56 Å². The van der Waals surface area contributed by atoms with E-state index in [0.29, 0.717) is 5.92 Å². The number of carbonyl (C=O) groups is 1. The highest BCUT2D eigenvalue weighted by atomic mass is 32.2. The molecule has 1 saturated heterocycles. The topological polar surface area (TPSA) is 41.1 Å². The minimum Gasteiger partial charge on any atom is -0.348 e. The van der Waals surface area contributed by atoms with Gasteiger partial charge in [0.25, 0.3) is 0 Å². The van der Waals surface area contributed by atoms with Gasteiger partial charge in [-0.15, -0.1) is 11.8 Å². The van der Waals surface area contributed by atoms with Crippen molar-refractivity contribution in [1.82, 2.24) is 10.6 Å². The van der Waals surface area contributed by atoms with Crippen molar-refractivity contribution in [2.45, 2.75) is 25.9 Å². The number of carbonyl (C=O) groups excluding carboxylic acids is 1. The zero-order valence-corrected chi connectivity index (χ0v) is 11.7. The molecule has 0 aromatic heterocycles. The minimum atomic E-state index is -0.0417. The second-order valence-corrected chi connectivity index (χ2v) is 5.94. The van der Waals surface area contributed by atoms with E-state index in [2.05, 4.69) is 36.6 Å². The number of hydrogen-bond donors (Lipinski definition) is 2. The molecular weight excluding hydrogens is 244 g/mol. The third-order valence-electron chi connectivity index (χ3n) is 3.16. The Morgan fingerprint density at radius 1 is 1.39 bits per heavy atom. The molecule has 1 fully saturated rings. The van der Waals surface area contributed by atoms with Gasteiger partial charge < -0.3 is 5.32 Å². The first-order chi connectivity index (χ1) is 8.68. The van der Waals surface area contributed by atoms with Gasteiger partial charge in [-0.25, -0.2) is 0 Å². The zero-order chi connectivity index (χ0) is 13.0. The van der Waals surface area contributed by atoms with Gasteiger partial charge >= 0.3 is 0 Å². The van der Waals surface area contributed by atoms with Crippen molar-refractivity contribution < 1.29 is 4.79 Å². The highest BCUT2D eigenvalue weighted by Crippen LogP contribution is 2.22. The number of amides is 1. The molecular formula is C14H20N2OS. The molecule has 0 radical (unpaired) electrons. The smallest absolute Gasteiger partial charge is 0.238 e. The summed E-state index contributed by atoms with van der Waals surface area (Å²) in [6, 6.07) is 10.2. The Balaban J connectivity index is 2.05. The van der Waals surface area contributed by atoms with Crippen molar-refractivity contribution in [3.05, 3.63) is 35.9 Å². The molecule has 1 heterocycles. The standard InChI is InChI=1S/C14H20N2OS/c1-10(2)13(11-6-4-3-5-7-11)16-14(17)12-8-18-9-15-12/h3-7,10,12-13,15H,8-9H2,1-2H3,(H,16,17). The summed E-state index contributed by atoms with van der Waals surface area (Å²) in [6.07, 6.45) is 0. The summed E-state index contributed by atoms with van der Waals surface area (Å²) in [5.41, 5.74) is 1.17. The molecule has 0 saturated carbocycles. The SMILES string of the molecule is CC(C)C(NC(=O)C1CSCN1)c1ccccc1. The van der Waals surface area contributed by atoms with Crippen molar-refractivity contribution in [2.24, 2.45) is 5.92 Å². The third kappa shape index (κ3) is 3.27. The Morgan fingerprint density at radius 2 is 2.11 bits per heavy atom. The molecule has 0 bridgehead atoms. The Labute approximate surface area is 113 Å². The van der Waals surface area contributed by atoms with Crippen LogP contribution in [0.4, 0.5) is 0 Å². The number of benzene rings is 1. The monoisotopic (exact) mass is 264 g/mol. The van der Waals surface area contributed by atoms with E-state index in [9.17, 15) is 4.79 Å². The van der Waals surface area contributed by atoms with Crippen molar-refractivity contribution >= 4 is 17.7 Å². The minimum absolute atomic E-state index is 0.0417. The molecule has 1 aliphatic rings. The van der Waals surface area contributed by atoms with Gasteiger partial charge in [-0.05, 0) is 11.5 Å². The lowest BCUT2D eigenvalue weighted by molar-refractivity contribution is -0.123. The normalized spacial score (nSPS) is 20.9. The van der Waals surface area contributed by atoms with Crippen LogP contribution in [0.1, 0.15) is 25.5 Å². The molecule has 2 atom stereocenters. The van der Waals surface area contributed by atoms with E-state index in [1.54, 1.807) is 11.8 Å². The van der Waals surface area contributed by atoms with Gasteiger partial charge in [-0.3, -0.25) is 10.1 Å². The number of nitrogens with one attached hydrogen (secondary N) is 2. The van der Waals surface area contributed by atoms with Crippen molar-refractivity contribution in [3.8, 4) is 0 Å². The largest absolute Gasteiger partial charge is 0.348 e. The molecule has 0 aliphatic carbocycles. The summed E-state index contributed by atoms with van der Waals surface area (Å²) in [7, 11) is 0. The third-order valence-corrected chi connectivity index (χ3v) is 4.10. The molecule has 18 heavy (non-hydrogen) atoms. The van der Waals surface area contributed by atoms with Gasteiger partial charge in [0.05, 0.1) is 12.1 Å². The molecule has 4 heteroatoms. The van der Waals surface area contributed by atoms with Gasteiger partial charge in [0.1, 0.15) is 0 Å². The van der Waals surface area contributed by atoms with Gasteiger partial charge in [-0.2, -0.15) is 0 Å². The Kier molecular flexibility index (Phi) is 4.66. The van der Waals surface area contributed by atoms with Crippen molar-refractivity contribution in [3.63, 3.8) is 0 Å². The summed E-state index contributed by atoms with van der Waals surface area (Å²) in [6.45, 7) is 4.27. The van der Waals surface area contributed by atoms with Gasteiger partial charge in [-0.1, -0.05) is 44.2 Å². The van der Waals surface area contributed by atoms with Crippen LogP contribution < -0.4 is 10.6 Å². The quantitative estimate of drug-likeness (QED) is 0.875. The zero-order valence-electron chi connectivity index (χ0n) is 10.8. The van der Waals surface area contributed by atoms with E-state index in [0.717, 1.165) is 11.6 Å². The second kappa shape index (κ2) is 6.25. The van der Waals surface area contributed by atoms with E-state index in [1.807, 2.05) is 18.2 Å². The molecule has 98 valence electrons. The van der Waals surface area contributed by atoms with Crippen LogP contribution in [0.2, 0.25) is 0 Å². The molecule has 2 N–H and O–H groups in total. The molecule has 2 rings (SSSR count). The predicted octanol–water partition coefficient (Wildman–Crippen LogP) is 2.16. The van der Waals surface area contributed by atoms with Crippen LogP contribution in [0, 0.1) is 5.92 Å². The molecule has 2 unspecified atom stereocenters. The maximum atomic E-state index is 12.1. The van der Waals surface area contributed by atoms with Crippen LogP contribution in [0.25, 0.3) is 0 Å². The number of thioether (sulfide) groups is 1. The van der Waals surface area contributed by atoms with E-state index < -0.39 is 0 Å². The molecule has 1 aromatic carbocycles. The lowest BCUT2D eigenvalue weighted by Crippen LogP contribution is -2.44. The highest BCUT2D eigenvalue weighted by molar-refractivity contribution is 7.99. The van der Waals surface area contributed by atoms with Crippen LogP contribution in [-0.2, 0) is 4.79 Å². The summed E-state index contributed by atoms with van der Waals surface area (Å²) in [5, 5.41) is 6.36. The average molecular weight is 264 g/mol. The molecule has 3 nitrogen and oxygen atoms in total. The lowest BCUT2D eigenvalue weighted by Gasteiger charge is -2.24. The summed E-state index contributed by atoms with van der Waals surface area (Å²) in [5.74, 6) is 2.23. The average Bonchev–Trinajstić information content (AvgIpc) is 2.90. The number of rotatable bonds is 4. The predicted molar refractivity (Wildman–Crippen MR) is 76.4 cm³/mol. The van der Waals surface area contributed by atoms with Gasteiger partial charge in [0, 0.05) is 11.6 Å². The van der Waals surface area contributed by atoms with Crippen LogP contribution in [0.3, 0.4) is 0 Å². The molecule has 0 spiro atoms. The Bertz CT molecular complexity index is 388. The fourth-order valence-electron chi connectivity index (χ4n) is 2.11. The number of hydrogen-bond acceptors (Lipinski definition) is 3.